The normalized spacial score (nSPS) is 10.9. The number of hydrogen-bond acceptors (Lipinski definition) is 0. The van der Waals surface area contributed by atoms with Gasteiger partial charge in [-0.3, -0.25) is 0 Å². The largest absolute Gasteiger partial charge is 0.0988 e. The summed E-state index contributed by atoms with van der Waals surface area (Å²) in [6, 6.07) is 0. The van der Waals surface area contributed by atoms with Gasteiger partial charge in [0.1, 0.15) is 0 Å². The quantitative estimate of drug-likeness (QED) is 0.504. The second-order valence-electron chi connectivity index (χ2n) is 2.96. The van der Waals surface area contributed by atoms with E-state index >= 15 is 0 Å². The molecule has 0 radical (unpaired) electrons. The number of allylic oxidation sites excluding steroid dienone is 4. The second-order valence-corrected chi connectivity index (χ2v) is 2.96. The van der Waals surface area contributed by atoms with Gasteiger partial charge in [-0.05, 0) is 24.0 Å². The lowest BCUT2D eigenvalue weighted by molar-refractivity contribution is 0.870. The van der Waals surface area contributed by atoms with E-state index < -0.39 is 0 Å². The van der Waals surface area contributed by atoms with Gasteiger partial charge in [0.15, 0.2) is 0 Å². The van der Waals surface area contributed by atoms with E-state index in [4.69, 9.17) is 0 Å². The molecule has 0 unspecified atom stereocenters. The highest BCUT2D eigenvalue weighted by Crippen LogP contribution is 2.17. The van der Waals surface area contributed by atoms with E-state index in [1.807, 2.05) is 26.0 Å². The first-order valence-electron chi connectivity index (χ1n) is 5.77. The first-order valence-corrected chi connectivity index (χ1v) is 5.77. The van der Waals surface area contributed by atoms with Crippen molar-refractivity contribution in [3.05, 3.63) is 36.5 Å². The van der Waals surface area contributed by atoms with Crippen molar-refractivity contribution in [2.24, 2.45) is 0 Å². The molecule has 0 atom stereocenters. The lowest BCUT2D eigenvalue weighted by atomic mass is 10.00. The minimum atomic E-state index is 1.13. The molecule has 0 spiro atoms. The molecule has 0 nitrogen and oxygen atoms in total. The van der Waals surface area contributed by atoms with Crippen LogP contribution in [0.4, 0.5) is 0 Å². The van der Waals surface area contributed by atoms with Gasteiger partial charge >= 0.3 is 0 Å². The molecule has 0 heteroatoms. The summed E-state index contributed by atoms with van der Waals surface area (Å²) in [5.41, 5.74) is 2.74. The Morgan fingerprint density at radius 1 is 0.857 bits per heavy atom. The summed E-state index contributed by atoms with van der Waals surface area (Å²) in [5.74, 6) is 0. The lowest BCUT2D eigenvalue weighted by Gasteiger charge is -2.06. The van der Waals surface area contributed by atoms with Crippen molar-refractivity contribution in [2.75, 3.05) is 0 Å². The Morgan fingerprint density at radius 3 is 1.29 bits per heavy atom. The van der Waals surface area contributed by atoms with Crippen molar-refractivity contribution >= 4 is 0 Å². The highest BCUT2D eigenvalue weighted by molar-refractivity contribution is 5.31. The first-order chi connectivity index (χ1) is 6.79. The van der Waals surface area contributed by atoms with Crippen molar-refractivity contribution in [1.29, 1.82) is 0 Å². The van der Waals surface area contributed by atoms with E-state index in [0.717, 1.165) is 12.8 Å². The molecule has 0 bridgehead atoms. The molecule has 0 amide bonds. The van der Waals surface area contributed by atoms with E-state index in [-0.39, 0.29) is 0 Å². The molecule has 0 N–H and O–H groups in total. The average molecular weight is 194 g/mol. The van der Waals surface area contributed by atoms with Crippen LogP contribution < -0.4 is 0 Å². The van der Waals surface area contributed by atoms with Gasteiger partial charge in [0, 0.05) is 0 Å². The van der Waals surface area contributed by atoms with Crippen molar-refractivity contribution in [3.8, 4) is 0 Å². The van der Waals surface area contributed by atoms with E-state index in [1.165, 1.54) is 24.0 Å². The van der Waals surface area contributed by atoms with Crippen LogP contribution in [0.5, 0.6) is 0 Å². The smallest absolute Gasteiger partial charge is 0.0279 e. The SMILES string of the molecule is C=C/C(CCC)=C(\C=C)CCC.CC. The van der Waals surface area contributed by atoms with Crippen LogP contribution >= 0.6 is 0 Å². The minimum absolute atomic E-state index is 1.13. The third-order valence-corrected chi connectivity index (χ3v) is 1.94. The van der Waals surface area contributed by atoms with E-state index in [1.54, 1.807) is 0 Å². The zero-order chi connectivity index (χ0) is 11.4. The Hall–Kier alpha value is -0.780. The molecule has 14 heavy (non-hydrogen) atoms. The molecule has 0 aliphatic carbocycles. The maximum atomic E-state index is 3.83. The summed E-state index contributed by atoms with van der Waals surface area (Å²) in [6.07, 6.45) is 8.56. The third-order valence-electron chi connectivity index (χ3n) is 1.94. The van der Waals surface area contributed by atoms with Crippen LogP contribution in [-0.4, -0.2) is 0 Å². The monoisotopic (exact) mass is 194 g/mol. The van der Waals surface area contributed by atoms with Crippen LogP contribution in [0.15, 0.2) is 36.5 Å². The Labute approximate surface area is 90.4 Å². The van der Waals surface area contributed by atoms with Gasteiger partial charge in [0.05, 0.1) is 0 Å². The van der Waals surface area contributed by atoms with Crippen LogP contribution in [0, 0.1) is 0 Å². The number of rotatable bonds is 6. The van der Waals surface area contributed by atoms with Gasteiger partial charge < -0.3 is 0 Å². The van der Waals surface area contributed by atoms with Gasteiger partial charge in [-0.25, -0.2) is 0 Å². The van der Waals surface area contributed by atoms with Gasteiger partial charge in [-0.15, -0.1) is 0 Å². The van der Waals surface area contributed by atoms with Crippen molar-refractivity contribution in [3.63, 3.8) is 0 Å². The highest BCUT2D eigenvalue weighted by atomic mass is 14.0. The van der Waals surface area contributed by atoms with Gasteiger partial charge in [0.2, 0.25) is 0 Å². The fourth-order valence-electron chi connectivity index (χ4n) is 1.33. The molecule has 0 fully saturated rings. The first kappa shape index (κ1) is 15.7. The van der Waals surface area contributed by atoms with Crippen molar-refractivity contribution < 1.29 is 0 Å². The van der Waals surface area contributed by atoms with Crippen LogP contribution in [0.2, 0.25) is 0 Å². The summed E-state index contributed by atoms with van der Waals surface area (Å²) in [7, 11) is 0. The summed E-state index contributed by atoms with van der Waals surface area (Å²) in [4.78, 5) is 0. The fraction of sp³-hybridized carbons (Fsp3) is 0.571. The van der Waals surface area contributed by atoms with Crippen LogP contribution in [-0.2, 0) is 0 Å². The molecule has 82 valence electrons. The van der Waals surface area contributed by atoms with Gasteiger partial charge in [0.25, 0.3) is 0 Å². The average Bonchev–Trinajstić information content (AvgIpc) is 2.26. The van der Waals surface area contributed by atoms with Crippen molar-refractivity contribution in [2.45, 2.75) is 53.4 Å². The summed E-state index contributed by atoms with van der Waals surface area (Å²) < 4.78 is 0. The van der Waals surface area contributed by atoms with Gasteiger partial charge in [-0.2, -0.15) is 0 Å². The minimum Gasteiger partial charge on any atom is -0.0988 e. The molecule has 0 aromatic heterocycles. The third kappa shape index (κ3) is 6.71. The van der Waals surface area contributed by atoms with Crippen molar-refractivity contribution in [1.82, 2.24) is 0 Å². The molecular formula is C14H26. The molecule has 0 saturated heterocycles. The molecular weight excluding hydrogens is 168 g/mol. The summed E-state index contributed by atoms with van der Waals surface area (Å²) >= 11 is 0. The van der Waals surface area contributed by atoms with Crippen LogP contribution in [0.25, 0.3) is 0 Å². The fourth-order valence-corrected chi connectivity index (χ4v) is 1.33. The predicted molar refractivity (Wildman–Crippen MR) is 68.6 cm³/mol. The highest BCUT2D eigenvalue weighted by Gasteiger charge is 1.97. The Balaban J connectivity index is 0. The molecule has 0 saturated carbocycles. The maximum absolute atomic E-state index is 3.83. The van der Waals surface area contributed by atoms with Crippen LogP contribution in [0.1, 0.15) is 53.4 Å². The van der Waals surface area contributed by atoms with Gasteiger partial charge in [-0.1, -0.05) is 65.8 Å². The predicted octanol–water partition coefficient (Wildman–Crippen LogP) is 5.28. The topological polar surface area (TPSA) is 0 Å². The van der Waals surface area contributed by atoms with E-state index in [9.17, 15) is 0 Å². The molecule has 0 aromatic carbocycles. The zero-order valence-electron chi connectivity index (χ0n) is 10.4. The molecule has 0 rings (SSSR count). The van der Waals surface area contributed by atoms with Crippen LogP contribution in [0.3, 0.4) is 0 Å². The summed E-state index contributed by atoms with van der Waals surface area (Å²) in [5, 5.41) is 0. The molecule has 0 aliphatic rings. The summed E-state index contributed by atoms with van der Waals surface area (Å²) in [6.45, 7) is 16.0. The number of hydrogen-bond donors (Lipinski definition) is 0. The Morgan fingerprint density at radius 2 is 1.14 bits per heavy atom. The van der Waals surface area contributed by atoms with E-state index in [0.29, 0.717) is 0 Å². The Kier molecular flexibility index (Phi) is 13.7. The Bertz CT molecular complexity index is 152. The lowest BCUT2D eigenvalue weighted by Crippen LogP contribution is -1.86. The molecule has 0 aromatic rings. The molecule has 0 aliphatic heterocycles. The van der Waals surface area contributed by atoms with E-state index in [2.05, 4.69) is 27.0 Å². The second kappa shape index (κ2) is 12.2. The standard InChI is InChI=1S/C12H20.C2H6/c1-5-9-11(7-3)12(8-4)10-6-2;1-2/h7-8H,3-6,9-10H2,1-2H3;1-2H3/b12-11-;. The maximum Gasteiger partial charge on any atom is -0.0279 e. The zero-order valence-corrected chi connectivity index (χ0v) is 10.4. The molecule has 0 heterocycles.